The number of benzene rings is 3. The number of hydrogen-bond donors (Lipinski definition) is 3. The van der Waals surface area contributed by atoms with Crippen molar-refractivity contribution in [3.8, 4) is 0 Å². The molecule has 0 spiro atoms. The van der Waals surface area contributed by atoms with Crippen LogP contribution in [0.2, 0.25) is 0 Å². The van der Waals surface area contributed by atoms with Gasteiger partial charge in [-0.3, -0.25) is 24.4 Å². The van der Waals surface area contributed by atoms with Crippen molar-refractivity contribution in [2.75, 3.05) is 16.8 Å². The standard InChI is InChI=1S/C32H32N6O6/c1-22(8-5-6-16-36-21-26(15-17-39)34-35-36)32(42)28-19-27(38(43)44)13-14-29(28)37(31(32)41)20-23-9-7-12-25(18-23)33-30(40)24-10-3-2-4-11-24/h2-5,7-14,18-19,21-22,39,42H,6,15-17,20H2,1H3,(H,33,40)/b8-5+/t22-,32+/m1/s1. The van der Waals surface area contributed by atoms with Gasteiger partial charge in [0.25, 0.3) is 17.5 Å². The molecule has 44 heavy (non-hydrogen) atoms. The van der Waals surface area contributed by atoms with Crippen LogP contribution < -0.4 is 10.2 Å². The Morgan fingerprint density at radius 1 is 1.14 bits per heavy atom. The number of carbonyl (C=O) groups is 2. The van der Waals surface area contributed by atoms with Crippen molar-refractivity contribution in [1.82, 2.24) is 15.0 Å². The summed E-state index contributed by atoms with van der Waals surface area (Å²) in [5.41, 5.74) is 0.667. The molecule has 0 saturated carbocycles. The lowest BCUT2D eigenvalue weighted by atomic mass is 9.82. The summed E-state index contributed by atoms with van der Waals surface area (Å²) < 4.78 is 1.65. The minimum absolute atomic E-state index is 0.0182. The Morgan fingerprint density at radius 2 is 1.93 bits per heavy atom. The summed E-state index contributed by atoms with van der Waals surface area (Å²) in [5.74, 6) is -1.60. The number of aryl methyl sites for hydroxylation is 1. The Labute approximate surface area is 253 Å². The van der Waals surface area contributed by atoms with E-state index in [0.717, 1.165) is 0 Å². The molecule has 5 rings (SSSR count). The molecule has 2 heterocycles. The molecule has 0 aliphatic carbocycles. The zero-order valence-electron chi connectivity index (χ0n) is 24.0. The van der Waals surface area contributed by atoms with Crippen molar-refractivity contribution in [1.29, 1.82) is 0 Å². The number of amides is 2. The van der Waals surface area contributed by atoms with Crippen LogP contribution in [0, 0.1) is 16.0 Å². The largest absolute Gasteiger partial charge is 0.396 e. The molecule has 226 valence electrons. The van der Waals surface area contributed by atoms with Crippen LogP contribution in [0.25, 0.3) is 0 Å². The van der Waals surface area contributed by atoms with Gasteiger partial charge in [-0.1, -0.05) is 54.6 Å². The molecule has 1 aliphatic heterocycles. The molecule has 3 N–H and O–H groups in total. The maximum Gasteiger partial charge on any atom is 0.269 e. The number of aromatic nitrogens is 3. The second-order valence-electron chi connectivity index (χ2n) is 10.6. The predicted molar refractivity (Wildman–Crippen MR) is 163 cm³/mol. The lowest BCUT2D eigenvalue weighted by Gasteiger charge is -2.27. The second-order valence-corrected chi connectivity index (χ2v) is 10.6. The Hall–Kier alpha value is -5.20. The van der Waals surface area contributed by atoms with E-state index < -0.39 is 22.3 Å². The molecule has 4 aromatic rings. The van der Waals surface area contributed by atoms with Crippen molar-refractivity contribution < 1.29 is 24.7 Å². The third-order valence-electron chi connectivity index (χ3n) is 7.59. The Bertz CT molecular complexity index is 1700. The van der Waals surface area contributed by atoms with E-state index in [1.165, 1.54) is 23.1 Å². The smallest absolute Gasteiger partial charge is 0.269 e. The van der Waals surface area contributed by atoms with Crippen molar-refractivity contribution >= 4 is 28.9 Å². The van der Waals surface area contributed by atoms with Gasteiger partial charge >= 0.3 is 0 Å². The molecule has 0 radical (unpaired) electrons. The van der Waals surface area contributed by atoms with Crippen LogP contribution in [0.4, 0.5) is 17.1 Å². The number of nitro benzene ring substituents is 1. The average Bonchev–Trinajstić information content (AvgIpc) is 3.56. The van der Waals surface area contributed by atoms with Gasteiger partial charge in [-0.15, -0.1) is 5.10 Å². The number of nitrogens with zero attached hydrogens (tertiary/aromatic N) is 5. The number of allylic oxidation sites excluding steroid dienone is 1. The number of rotatable bonds is 12. The molecule has 12 nitrogen and oxygen atoms in total. The molecular formula is C32H32N6O6. The highest BCUT2D eigenvalue weighted by Gasteiger charge is 2.53. The Kier molecular flexibility index (Phi) is 8.93. The van der Waals surface area contributed by atoms with E-state index in [1.807, 2.05) is 12.1 Å². The number of hydrogen-bond acceptors (Lipinski definition) is 8. The molecule has 0 bridgehead atoms. The van der Waals surface area contributed by atoms with E-state index in [0.29, 0.717) is 47.6 Å². The van der Waals surface area contributed by atoms with Gasteiger partial charge < -0.3 is 20.4 Å². The number of nitrogens with one attached hydrogen (secondary N) is 1. The molecule has 1 aromatic heterocycles. The van der Waals surface area contributed by atoms with Gasteiger partial charge in [0, 0.05) is 60.6 Å². The van der Waals surface area contributed by atoms with Crippen molar-refractivity contribution in [2.45, 2.75) is 38.5 Å². The number of fused-ring (bicyclic) bond motifs is 1. The van der Waals surface area contributed by atoms with Gasteiger partial charge in [-0.25, -0.2) is 0 Å². The highest BCUT2D eigenvalue weighted by Crippen LogP contribution is 2.47. The summed E-state index contributed by atoms with van der Waals surface area (Å²) in [5, 5.41) is 43.5. The highest BCUT2D eigenvalue weighted by atomic mass is 16.6. The molecule has 0 unspecified atom stereocenters. The zero-order chi connectivity index (χ0) is 31.3. The van der Waals surface area contributed by atoms with Gasteiger partial charge in [-0.2, -0.15) is 0 Å². The number of aliphatic hydroxyl groups excluding tert-OH is 1. The third-order valence-corrected chi connectivity index (χ3v) is 7.59. The van der Waals surface area contributed by atoms with Crippen LogP contribution in [-0.4, -0.2) is 48.6 Å². The minimum Gasteiger partial charge on any atom is -0.396 e. The first-order valence-electron chi connectivity index (χ1n) is 14.2. The molecule has 12 heteroatoms. The maximum atomic E-state index is 13.9. The van der Waals surface area contributed by atoms with E-state index in [2.05, 4.69) is 15.6 Å². The summed E-state index contributed by atoms with van der Waals surface area (Å²) in [6.07, 6.45) is 6.23. The lowest BCUT2D eigenvalue weighted by Crippen LogP contribution is -2.44. The van der Waals surface area contributed by atoms with Crippen molar-refractivity contribution in [3.05, 3.63) is 124 Å². The Balaban J connectivity index is 1.36. The summed E-state index contributed by atoms with van der Waals surface area (Å²) in [6.45, 7) is 2.24. The lowest BCUT2D eigenvalue weighted by molar-refractivity contribution is -0.385. The van der Waals surface area contributed by atoms with Gasteiger partial charge in [-0.05, 0) is 42.3 Å². The van der Waals surface area contributed by atoms with Crippen molar-refractivity contribution in [3.63, 3.8) is 0 Å². The van der Waals surface area contributed by atoms with E-state index in [4.69, 9.17) is 5.11 Å². The fourth-order valence-corrected chi connectivity index (χ4v) is 5.25. The molecule has 1 aliphatic rings. The quantitative estimate of drug-likeness (QED) is 0.126. The minimum atomic E-state index is -2.04. The average molecular weight is 597 g/mol. The van der Waals surface area contributed by atoms with Crippen LogP contribution in [0.15, 0.2) is 91.1 Å². The molecule has 3 aromatic carbocycles. The van der Waals surface area contributed by atoms with Gasteiger partial charge in [0.05, 0.1) is 22.8 Å². The van der Waals surface area contributed by atoms with E-state index >= 15 is 0 Å². The van der Waals surface area contributed by atoms with Crippen molar-refractivity contribution in [2.24, 2.45) is 5.92 Å². The molecule has 2 amide bonds. The number of aliphatic hydroxyl groups is 2. The highest BCUT2D eigenvalue weighted by molar-refractivity contribution is 6.07. The van der Waals surface area contributed by atoms with Crippen LogP contribution >= 0.6 is 0 Å². The zero-order valence-corrected chi connectivity index (χ0v) is 24.0. The fourth-order valence-electron chi connectivity index (χ4n) is 5.25. The first-order valence-corrected chi connectivity index (χ1v) is 14.2. The van der Waals surface area contributed by atoms with Crippen LogP contribution in [-0.2, 0) is 29.9 Å². The van der Waals surface area contributed by atoms with Gasteiger partial charge in [0.2, 0.25) is 0 Å². The number of nitro groups is 1. The molecule has 0 saturated heterocycles. The first kappa shape index (κ1) is 30.3. The second kappa shape index (κ2) is 13.0. The molecule has 0 fully saturated rings. The van der Waals surface area contributed by atoms with Crippen LogP contribution in [0.1, 0.15) is 40.5 Å². The maximum absolute atomic E-state index is 13.9. The number of anilines is 2. The molecular weight excluding hydrogens is 564 g/mol. The molecule has 2 atom stereocenters. The normalized spacial score (nSPS) is 16.7. The monoisotopic (exact) mass is 596 g/mol. The van der Waals surface area contributed by atoms with Crippen LogP contribution in [0.3, 0.4) is 0 Å². The van der Waals surface area contributed by atoms with E-state index in [-0.39, 0.29) is 30.3 Å². The summed E-state index contributed by atoms with van der Waals surface area (Å²) in [7, 11) is 0. The topological polar surface area (TPSA) is 164 Å². The van der Waals surface area contributed by atoms with E-state index in [1.54, 1.807) is 72.4 Å². The SMILES string of the molecule is C[C@H](/C=C/CCn1cc(CCO)nn1)[C@@]1(O)C(=O)N(Cc2cccc(NC(=O)c3ccccc3)c2)c2ccc([N+](=O)[O-])cc21. The summed E-state index contributed by atoms with van der Waals surface area (Å²) >= 11 is 0. The third kappa shape index (κ3) is 6.26. The van der Waals surface area contributed by atoms with Gasteiger partial charge in [0.1, 0.15) is 0 Å². The Morgan fingerprint density at radius 3 is 2.68 bits per heavy atom. The summed E-state index contributed by atoms with van der Waals surface area (Å²) in [6, 6.07) is 19.9. The fraction of sp³-hybridized carbons (Fsp3) is 0.250. The van der Waals surface area contributed by atoms with E-state index in [9.17, 15) is 24.8 Å². The first-order chi connectivity index (χ1) is 21.2. The predicted octanol–water partition coefficient (Wildman–Crippen LogP) is 3.99. The summed E-state index contributed by atoms with van der Waals surface area (Å²) in [4.78, 5) is 39.1. The van der Waals surface area contributed by atoms with Gasteiger partial charge in [0.15, 0.2) is 5.60 Å². The van der Waals surface area contributed by atoms with Crippen LogP contribution in [0.5, 0.6) is 0 Å². The number of carbonyl (C=O) groups excluding carboxylic acids is 2. The number of non-ortho nitro benzene ring substituents is 1.